The minimum atomic E-state index is -0.212. The van der Waals surface area contributed by atoms with E-state index in [0.717, 1.165) is 22.5 Å². The number of ether oxygens (including phenoxy) is 1. The third-order valence-corrected chi connectivity index (χ3v) is 2.21. The minimum absolute atomic E-state index is 0.212. The molecule has 0 radical (unpaired) electrons. The molecule has 0 aliphatic heterocycles. The molecule has 2 aromatic rings. The van der Waals surface area contributed by atoms with Gasteiger partial charge in [0.25, 0.3) is 0 Å². The summed E-state index contributed by atoms with van der Waals surface area (Å²) < 4.78 is 7.68. The quantitative estimate of drug-likeness (QED) is 0.739. The van der Waals surface area contributed by atoms with Gasteiger partial charge in [-0.15, -0.1) is 0 Å². The van der Waals surface area contributed by atoms with Gasteiger partial charge in [0.15, 0.2) is 5.65 Å². The van der Waals surface area contributed by atoms with E-state index in [2.05, 4.69) is 10.1 Å². The first kappa shape index (κ1) is 10.9. The third-order valence-electron chi connectivity index (χ3n) is 2.21. The van der Waals surface area contributed by atoms with Crippen molar-refractivity contribution in [3.8, 4) is 5.75 Å². The molecule has 4 heteroatoms. The van der Waals surface area contributed by atoms with E-state index in [1.165, 1.54) is 0 Å². The molecule has 0 aliphatic carbocycles. The van der Waals surface area contributed by atoms with Crippen molar-refractivity contribution in [2.75, 3.05) is 0 Å². The second-order valence-corrected chi connectivity index (χ2v) is 4.98. The minimum Gasteiger partial charge on any atom is -0.487 e. The van der Waals surface area contributed by atoms with Gasteiger partial charge < -0.3 is 4.74 Å². The highest BCUT2D eigenvalue weighted by atomic mass is 16.5. The average molecular weight is 219 g/mol. The first-order valence-corrected chi connectivity index (χ1v) is 5.35. The van der Waals surface area contributed by atoms with Crippen molar-refractivity contribution in [3.05, 3.63) is 18.0 Å². The maximum absolute atomic E-state index is 5.92. The second-order valence-electron chi connectivity index (χ2n) is 4.98. The molecule has 0 unspecified atom stereocenters. The average Bonchev–Trinajstić information content (AvgIpc) is 2.45. The van der Waals surface area contributed by atoms with E-state index in [9.17, 15) is 0 Å². The Kier molecular flexibility index (Phi) is 2.37. The number of nitrogens with zero attached hydrogens (tertiary/aromatic N) is 3. The Morgan fingerprint density at radius 1 is 1.31 bits per heavy atom. The van der Waals surface area contributed by atoms with Crippen LogP contribution in [-0.4, -0.2) is 20.4 Å². The van der Waals surface area contributed by atoms with Crippen LogP contribution in [0.25, 0.3) is 11.0 Å². The molecule has 0 saturated heterocycles. The molecule has 16 heavy (non-hydrogen) atoms. The zero-order chi connectivity index (χ0) is 11.9. The van der Waals surface area contributed by atoms with Crippen LogP contribution in [0.2, 0.25) is 0 Å². The lowest BCUT2D eigenvalue weighted by Crippen LogP contribution is -2.23. The number of rotatable bonds is 1. The predicted molar refractivity (Wildman–Crippen MR) is 63.6 cm³/mol. The predicted octanol–water partition coefficient (Wildman–Crippen LogP) is 2.45. The molecule has 0 atom stereocenters. The van der Waals surface area contributed by atoms with Crippen molar-refractivity contribution in [1.29, 1.82) is 0 Å². The number of fused-ring (bicyclic) bond motifs is 1. The molecule has 2 aromatic heterocycles. The topological polar surface area (TPSA) is 39.9 Å². The lowest BCUT2D eigenvalue weighted by molar-refractivity contribution is 0.133. The number of aromatic nitrogens is 3. The van der Waals surface area contributed by atoms with Crippen LogP contribution in [0.1, 0.15) is 26.5 Å². The highest BCUT2D eigenvalue weighted by molar-refractivity contribution is 5.82. The van der Waals surface area contributed by atoms with Crippen LogP contribution in [-0.2, 0) is 7.05 Å². The van der Waals surface area contributed by atoms with Gasteiger partial charge in [-0.1, -0.05) is 0 Å². The first-order chi connectivity index (χ1) is 7.37. The van der Waals surface area contributed by atoms with E-state index >= 15 is 0 Å². The summed E-state index contributed by atoms with van der Waals surface area (Å²) in [6.45, 7) is 8.06. The second kappa shape index (κ2) is 3.47. The highest BCUT2D eigenvalue weighted by Crippen LogP contribution is 2.27. The largest absolute Gasteiger partial charge is 0.487 e. The van der Waals surface area contributed by atoms with E-state index in [4.69, 9.17) is 4.74 Å². The number of aryl methyl sites for hydroxylation is 2. The molecule has 0 bridgehead atoms. The van der Waals surface area contributed by atoms with Crippen LogP contribution in [0, 0.1) is 6.92 Å². The van der Waals surface area contributed by atoms with Crippen LogP contribution in [0.5, 0.6) is 5.75 Å². The molecule has 86 valence electrons. The standard InChI is InChI=1S/C12H17N3O/c1-8-6-10(16-12(2,3)4)9-7-13-15(5)11(9)14-8/h6-7H,1-5H3. The Morgan fingerprint density at radius 3 is 2.62 bits per heavy atom. The Hall–Kier alpha value is -1.58. The maximum atomic E-state index is 5.92. The molecule has 2 rings (SSSR count). The van der Waals surface area contributed by atoms with Crippen molar-refractivity contribution in [3.63, 3.8) is 0 Å². The molecule has 0 aromatic carbocycles. The van der Waals surface area contributed by atoms with Crippen molar-refractivity contribution in [2.24, 2.45) is 7.05 Å². The van der Waals surface area contributed by atoms with Gasteiger partial charge in [0, 0.05) is 18.8 Å². The Bertz CT molecular complexity index is 523. The molecular formula is C12H17N3O. The summed E-state index contributed by atoms with van der Waals surface area (Å²) in [7, 11) is 1.88. The smallest absolute Gasteiger partial charge is 0.161 e. The molecule has 2 heterocycles. The van der Waals surface area contributed by atoms with Gasteiger partial charge in [-0.25, -0.2) is 4.98 Å². The van der Waals surface area contributed by atoms with Crippen LogP contribution in [0.4, 0.5) is 0 Å². The monoisotopic (exact) mass is 219 g/mol. The molecule has 0 N–H and O–H groups in total. The summed E-state index contributed by atoms with van der Waals surface area (Å²) in [4.78, 5) is 4.45. The summed E-state index contributed by atoms with van der Waals surface area (Å²) in [6, 6.07) is 1.95. The Morgan fingerprint density at radius 2 is 2.00 bits per heavy atom. The number of hydrogen-bond acceptors (Lipinski definition) is 3. The van der Waals surface area contributed by atoms with E-state index in [0.29, 0.717) is 0 Å². The summed E-state index contributed by atoms with van der Waals surface area (Å²) >= 11 is 0. The number of hydrogen-bond donors (Lipinski definition) is 0. The zero-order valence-corrected chi connectivity index (χ0v) is 10.4. The molecule has 0 fully saturated rings. The summed E-state index contributed by atoms with van der Waals surface area (Å²) in [5.74, 6) is 0.850. The van der Waals surface area contributed by atoms with Crippen molar-refractivity contribution in [2.45, 2.75) is 33.3 Å². The molecule has 4 nitrogen and oxygen atoms in total. The fourth-order valence-corrected chi connectivity index (χ4v) is 1.62. The van der Waals surface area contributed by atoms with Crippen molar-refractivity contribution >= 4 is 11.0 Å². The molecule has 0 spiro atoms. The number of pyridine rings is 1. The van der Waals surface area contributed by atoms with Crippen LogP contribution >= 0.6 is 0 Å². The van der Waals surface area contributed by atoms with Gasteiger partial charge in [0.2, 0.25) is 0 Å². The molecular weight excluding hydrogens is 202 g/mol. The van der Waals surface area contributed by atoms with Gasteiger partial charge in [0.05, 0.1) is 11.6 Å². The van der Waals surface area contributed by atoms with Gasteiger partial charge in [0.1, 0.15) is 11.4 Å². The van der Waals surface area contributed by atoms with Crippen LogP contribution in [0.15, 0.2) is 12.3 Å². The third kappa shape index (κ3) is 2.01. The van der Waals surface area contributed by atoms with Gasteiger partial charge in [-0.2, -0.15) is 5.10 Å². The van der Waals surface area contributed by atoms with Crippen LogP contribution in [0.3, 0.4) is 0 Å². The van der Waals surface area contributed by atoms with E-state index in [1.807, 2.05) is 40.8 Å². The zero-order valence-electron chi connectivity index (χ0n) is 10.4. The van der Waals surface area contributed by atoms with E-state index < -0.39 is 0 Å². The highest BCUT2D eigenvalue weighted by Gasteiger charge is 2.16. The summed E-state index contributed by atoms with van der Waals surface area (Å²) in [6.07, 6.45) is 1.79. The van der Waals surface area contributed by atoms with Gasteiger partial charge in [-0.05, 0) is 27.7 Å². The summed E-state index contributed by atoms with van der Waals surface area (Å²) in [5.41, 5.74) is 1.59. The Labute approximate surface area is 95.2 Å². The SMILES string of the molecule is Cc1cc(OC(C)(C)C)c2cnn(C)c2n1. The molecule has 0 aliphatic rings. The maximum Gasteiger partial charge on any atom is 0.161 e. The van der Waals surface area contributed by atoms with Gasteiger partial charge >= 0.3 is 0 Å². The molecule has 0 saturated carbocycles. The van der Waals surface area contributed by atoms with E-state index in [-0.39, 0.29) is 5.60 Å². The molecule has 0 amide bonds. The van der Waals surface area contributed by atoms with E-state index in [1.54, 1.807) is 10.9 Å². The van der Waals surface area contributed by atoms with Crippen molar-refractivity contribution in [1.82, 2.24) is 14.8 Å². The van der Waals surface area contributed by atoms with Crippen molar-refractivity contribution < 1.29 is 4.74 Å². The normalized spacial score (nSPS) is 12.1. The fraction of sp³-hybridized carbons (Fsp3) is 0.500. The Balaban J connectivity index is 2.60. The van der Waals surface area contributed by atoms with Crippen LogP contribution < -0.4 is 4.74 Å². The fourth-order valence-electron chi connectivity index (χ4n) is 1.62. The van der Waals surface area contributed by atoms with Gasteiger partial charge in [-0.3, -0.25) is 4.68 Å². The lowest BCUT2D eigenvalue weighted by Gasteiger charge is -2.21. The summed E-state index contributed by atoms with van der Waals surface area (Å²) in [5, 5.41) is 5.16. The lowest BCUT2D eigenvalue weighted by atomic mass is 10.2. The first-order valence-electron chi connectivity index (χ1n) is 5.35.